The zero-order chi connectivity index (χ0) is 28.8. The maximum atomic E-state index is 13.1. The molecule has 8 atom stereocenters. The quantitative estimate of drug-likeness (QED) is 0.164. The highest BCUT2D eigenvalue weighted by Gasteiger charge is 2.50. The highest BCUT2D eigenvalue weighted by molar-refractivity contribution is 5.88. The van der Waals surface area contributed by atoms with Gasteiger partial charge in [0.15, 0.2) is 6.29 Å². The largest absolute Gasteiger partial charge is 0.508 e. The molecule has 2 aromatic carbocycles. The van der Waals surface area contributed by atoms with E-state index in [2.05, 4.69) is 0 Å². The van der Waals surface area contributed by atoms with Crippen molar-refractivity contribution in [2.24, 2.45) is 0 Å². The average molecular weight is 564 g/mol. The van der Waals surface area contributed by atoms with Gasteiger partial charge in [-0.25, -0.2) is 0 Å². The molecule has 0 aliphatic carbocycles. The summed E-state index contributed by atoms with van der Waals surface area (Å²) in [6.07, 6.45) is -9.84. The van der Waals surface area contributed by atoms with E-state index < -0.39 is 79.7 Å². The molecule has 3 aromatic rings. The van der Waals surface area contributed by atoms with Gasteiger partial charge in [-0.15, -0.1) is 0 Å². The van der Waals surface area contributed by atoms with E-state index in [0.717, 1.165) is 6.07 Å². The molecule has 0 saturated carbocycles. The highest BCUT2D eigenvalue weighted by Crippen LogP contribution is 2.33. The Kier molecular flexibility index (Phi) is 7.71. The SMILES string of the molecule is O=c1c(-c2ccc(O)cc2)coc2cc(O[C@@H]3O[C@H](CO[C@@H]4OC[C@](O)(CO)[C@H]4O)[C@@H](O)[C@H](O)[C@H]3O)cc(O)c12. The van der Waals surface area contributed by atoms with Crippen LogP contribution in [0.15, 0.2) is 51.9 Å². The van der Waals surface area contributed by atoms with Gasteiger partial charge >= 0.3 is 0 Å². The Morgan fingerprint density at radius 2 is 1.70 bits per heavy atom. The molecule has 0 spiro atoms. The van der Waals surface area contributed by atoms with E-state index in [-0.39, 0.29) is 28.0 Å². The molecule has 0 bridgehead atoms. The number of fused-ring (bicyclic) bond motifs is 1. The van der Waals surface area contributed by atoms with Crippen LogP contribution in [-0.2, 0) is 14.2 Å². The van der Waals surface area contributed by atoms with Crippen LogP contribution in [0, 0.1) is 0 Å². The molecule has 40 heavy (non-hydrogen) atoms. The fraction of sp³-hybridized carbons (Fsp3) is 0.423. The lowest BCUT2D eigenvalue weighted by molar-refractivity contribution is -0.289. The second kappa shape index (κ2) is 10.9. The number of aromatic hydroxyl groups is 2. The Bertz CT molecular complexity index is 1410. The predicted octanol–water partition coefficient (Wildman–Crippen LogP) is -1.49. The van der Waals surface area contributed by atoms with Crippen molar-refractivity contribution < 1.29 is 64.2 Å². The second-order valence-electron chi connectivity index (χ2n) is 9.69. The van der Waals surface area contributed by atoms with Gasteiger partial charge in [-0.1, -0.05) is 12.1 Å². The van der Waals surface area contributed by atoms with E-state index in [1.807, 2.05) is 0 Å². The standard InChI is InChI=1S/C26H28O14/c27-9-26(35)10-38-25(23(26)34)37-8-17-20(31)21(32)22(33)24(40-17)39-13-5-15(29)18-16(6-13)36-7-14(19(18)30)11-1-3-12(28)4-2-11/h1-7,17,20-25,27-29,31-35H,8-10H2/t17-,20-,21+,22-,23+,24-,25-,26-/m1/s1. The van der Waals surface area contributed by atoms with Crippen molar-refractivity contribution in [2.75, 3.05) is 19.8 Å². The third-order valence-electron chi connectivity index (χ3n) is 6.93. The van der Waals surface area contributed by atoms with Crippen molar-refractivity contribution in [3.63, 3.8) is 0 Å². The van der Waals surface area contributed by atoms with Crippen LogP contribution in [0.5, 0.6) is 17.2 Å². The summed E-state index contributed by atoms with van der Waals surface area (Å²) < 4.78 is 27.2. The molecule has 0 amide bonds. The van der Waals surface area contributed by atoms with Crippen molar-refractivity contribution >= 4 is 11.0 Å². The predicted molar refractivity (Wildman–Crippen MR) is 132 cm³/mol. The molecule has 2 aliphatic heterocycles. The van der Waals surface area contributed by atoms with Gasteiger partial charge in [-0.2, -0.15) is 0 Å². The summed E-state index contributed by atoms with van der Waals surface area (Å²) in [5, 5.41) is 80.6. The number of aliphatic hydroxyl groups excluding tert-OH is 5. The first-order valence-electron chi connectivity index (χ1n) is 12.2. The van der Waals surface area contributed by atoms with Crippen LogP contribution >= 0.6 is 0 Å². The summed E-state index contributed by atoms with van der Waals surface area (Å²) in [5.41, 5.74) is -1.96. The number of rotatable bonds is 7. The van der Waals surface area contributed by atoms with Crippen LogP contribution in [0.25, 0.3) is 22.1 Å². The van der Waals surface area contributed by atoms with Crippen LogP contribution < -0.4 is 10.2 Å². The third-order valence-corrected chi connectivity index (χ3v) is 6.93. The highest BCUT2D eigenvalue weighted by atomic mass is 16.7. The van der Waals surface area contributed by atoms with Crippen molar-refractivity contribution in [3.8, 4) is 28.4 Å². The number of benzene rings is 2. The zero-order valence-corrected chi connectivity index (χ0v) is 20.7. The number of aliphatic hydroxyl groups is 6. The smallest absolute Gasteiger partial charge is 0.229 e. The van der Waals surface area contributed by atoms with E-state index in [1.54, 1.807) is 0 Å². The number of phenols is 2. The second-order valence-corrected chi connectivity index (χ2v) is 9.69. The Balaban J connectivity index is 1.33. The molecule has 2 saturated heterocycles. The van der Waals surface area contributed by atoms with E-state index in [4.69, 9.17) is 23.4 Å². The van der Waals surface area contributed by atoms with Crippen molar-refractivity contribution in [1.82, 2.24) is 0 Å². The van der Waals surface area contributed by atoms with Crippen LogP contribution in [0.1, 0.15) is 0 Å². The fourth-order valence-electron chi connectivity index (χ4n) is 4.53. The topological polar surface area (TPSA) is 229 Å². The molecule has 2 aliphatic rings. The average Bonchev–Trinajstić information content (AvgIpc) is 3.22. The molecular formula is C26H28O14. The molecule has 8 N–H and O–H groups in total. The van der Waals surface area contributed by atoms with Crippen LogP contribution in [0.2, 0.25) is 0 Å². The summed E-state index contributed by atoms with van der Waals surface area (Å²) in [7, 11) is 0. The molecule has 2 fully saturated rings. The minimum atomic E-state index is -1.93. The van der Waals surface area contributed by atoms with Crippen LogP contribution in [0.4, 0.5) is 0 Å². The van der Waals surface area contributed by atoms with Crippen molar-refractivity contribution in [2.45, 2.75) is 48.7 Å². The van der Waals surface area contributed by atoms with Crippen LogP contribution in [0.3, 0.4) is 0 Å². The molecule has 14 nitrogen and oxygen atoms in total. The Hall–Kier alpha value is -3.31. The first-order valence-corrected chi connectivity index (χ1v) is 12.2. The van der Waals surface area contributed by atoms with Gasteiger partial charge in [0, 0.05) is 12.1 Å². The number of ether oxygens (including phenoxy) is 4. The first kappa shape index (κ1) is 28.2. The normalized spacial score (nSPS) is 32.4. The molecule has 1 aromatic heterocycles. The number of hydrogen-bond acceptors (Lipinski definition) is 14. The molecule has 5 rings (SSSR count). The van der Waals surface area contributed by atoms with Gasteiger partial charge in [0.1, 0.15) is 70.6 Å². The molecular weight excluding hydrogens is 536 g/mol. The summed E-state index contributed by atoms with van der Waals surface area (Å²) >= 11 is 0. The summed E-state index contributed by atoms with van der Waals surface area (Å²) in [5.74, 6) is -0.604. The summed E-state index contributed by atoms with van der Waals surface area (Å²) in [4.78, 5) is 13.1. The maximum absolute atomic E-state index is 13.1. The van der Waals surface area contributed by atoms with E-state index in [0.29, 0.717) is 5.56 Å². The van der Waals surface area contributed by atoms with Crippen LogP contribution in [-0.4, -0.2) is 109 Å². The van der Waals surface area contributed by atoms with Gasteiger partial charge in [0.25, 0.3) is 0 Å². The van der Waals surface area contributed by atoms with Gasteiger partial charge in [-0.05, 0) is 17.7 Å². The lowest BCUT2D eigenvalue weighted by Crippen LogP contribution is -2.60. The van der Waals surface area contributed by atoms with Gasteiger partial charge in [0.2, 0.25) is 11.7 Å². The Morgan fingerprint density at radius 1 is 0.975 bits per heavy atom. The number of phenolic OH excluding ortho intramolecular Hbond substituents is 2. The molecule has 0 unspecified atom stereocenters. The van der Waals surface area contributed by atoms with Crippen molar-refractivity contribution in [3.05, 3.63) is 52.9 Å². The Labute approximate surface area is 225 Å². The van der Waals surface area contributed by atoms with Gasteiger partial charge in [-0.3, -0.25) is 4.79 Å². The van der Waals surface area contributed by atoms with Gasteiger partial charge < -0.3 is 64.2 Å². The lowest BCUT2D eigenvalue weighted by atomic mass is 9.99. The number of hydrogen-bond donors (Lipinski definition) is 8. The van der Waals surface area contributed by atoms with Crippen molar-refractivity contribution in [1.29, 1.82) is 0 Å². The summed E-state index contributed by atoms with van der Waals surface area (Å²) in [6, 6.07) is 8.15. The Morgan fingerprint density at radius 3 is 2.38 bits per heavy atom. The molecule has 216 valence electrons. The first-order chi connectivity index (χ1) is 19.0. The van der Waals surface area contributed by atoms with E-state index >= 15 is 0 Å². The summed E-state index contributed by atoms with van der Waals surface area (Å²) in [6.45, 7) is -1.67. The zero-order valence-electron chi connectivity index (χ0n) is 20.7. The molecule has 14 heteroatoms. The molecule has 3 heterocycles. The lowest BCUT2D eigenvalue weighted by Gasteiger charge is -2.40. The minimum Gasteiger partial charge on any atom is -0.508 e. The molecule has 0 radical (unpaired) electrons. The monoisotopic (exact) mass is 564 g/mol. The maximum Gasteiger partial charge on any atom is 0.229 e. The van der Waals surface area contributed by atoms with Gasteiger partial charge in [0.05, 0.1) is 25.4 Å². The fourth-order valence-corrected chi connectivity index (χ4v) is 4.53. The minimum absolute atomic E-state index is 0.00969. The third kappa shape index (κ3) is 5.12. The van der Waals surface area contributed by atoms with E-state index in [9.17, 15) is 45.6 Å². The van der Waals surface area contributed by atoms with E-state index in [1.165, 1.54) is 36.6 Å².